The Bertz CT molecular complexity index is 618. The fraction of sp³-hybridized carbons (Fsp3) is 0.333. The molecule has 2 rings (SSSR count). The van der Waals surface area contributed by atoms with Crippen molar-refractivity contribution in [2.24, 2.45) is 7.05 Å². The van der Waals surface area contributed by atoms with E-state index < -0.39 is 0 Å². The van der Waals surface area contributed by atoms with Crippen molar-refractivity contribution in [3.63, 3.8) is 0 Å². The third-order valence-corrected chi connectivity index (χ3v) is 4.17. The summed E-state index contributed by atoms with van der Waals surface area (Å²) in [5.41, 5.74) is 2.64. The van der Waals surface area contributed by atoms with Gasteiger partial charge in [0, 0.05) is 19.0 Å². The Labute approximate surface area is 126 Å². The van der Waals surface area contributed by atoms with Crippen LogP contribution in [0.15, 0.2) is 28.7 Å². The zero-order valence-electron chi connectivity index (χ0n) is 11.8. The van der Waals surface area contributed by atoms with Crippen molar-refractivity contribution in [3.05, 3.63) is 45.7 Å². The predicted octanol–water partition coefficient (Wildman–Crippen LogP) is 3.66. The summed E-state index contributed by atoms with van der Waals surface area (Å²) in [7, 11) is 1.89. The number of hydrogen-bond donors (Lipinski definition) is 0. The second-order valence-corrected chi connectivity index (χ2v) is 5.35. The van der Waals surface area contributed by atoms with Crippen LogP contribution < -0.4 is 4.74 Å². The van der Waals surface area contributed by atoms with Crippen LogP contribution in [0, 0.1) is 6.92 Å². The fourth-order valence-corrected chi connectivity index (χ4v) is 2.38. The van der Waals surface area contributed by atoms with Gasteiger partial charge in [0.15, 0.2) is 5.78 Å². The van der Waals surface area contributed by atoms with Crippen molar-refractivity contribution in [1.29, 1.82) is 0 Å². The van der Waals surface area contributed by atoms with Crippen LogP contribution in [0.25, 0.3) is 0 Å². The van der Waals surface area contributed by atoms with Gasteiger partial charge in [-0.3, -0.25) is 9.48 Å². The number of ketones is 1. The van der Waals surface area contributed by atoms with E-state index in [1.54, 1.807) is 16.8 Å². The minimum Gasteiger partial charge on any atom is -0.487 e. The highest BCUT2D eigenvalue weighted by Crippen LogP contribution is 2.22. The molecule has 0 fully saturated rings. The molecule has 1 aromatic heterocycles. The molecule has 0 N–H and O–H groups in total. The molecule has 20 heavy (non-hydrogen) atoms. The van der Waals surface area contributed by atoms with Gasteiger partial charge in [0.2, 0.25) is 0 Å². The Kier molecular flexibility index (Phi) is 4.60. The number of carbonyl (C=O) groups excluding carboxylic acids is 1. The average Bonchev–Trinajstić information content (AvgIpc) is 2.70. The number of rotatable bonds is 5. The van der Waals surface area contributed by atoms with Gasteiger partial charge in [0.05, 0.1) is 15.9 Å². The van der Waals surface area contributed by atoms with Crippen molar-refractivity contribution in [3.8, 4) is 5.75 Å². The van der Waals surface area contributed by atoms with Crippen molar-refractivity contribution in [2.45, 2.75) is 26.9 Å². The van der Waals surface area contributed by atoms with Crippen LogP contribution in [0.3, 0.4) is 0 Å². The summed E-state index contributed by atoms with van der Waals surface area (Å²) in [5, 5.41) is 4.32. The van der Waals surface area contributed by atoms with Crippen LogP contribution >= 0.6 is 15.9 Å². The Morgan fingerprint density at radius 3 is 2.50 bits per heavy atom. The summed E-state index contributed by atoms with van der Waals surface area (Å²) in [6.07, 6.45) is 0.515. The smallest absolute Gasteiger partial charge is 0.162 e. The van der Waals surface area contributed by atoms with Crippen molar-refractivity contribution < 1.29 is 9.53 Å². The molecule has 4 nitrogen and oxygen atoms in total. The lowest BCUT2D eigenvalue weighted by Crippen LogP contribution is -2.04. The van der Waals surface area contributed by atoms with E-state index >= 15 is 0 Å². The Morgan fingerprint density at radius 2 is 2.00 bits per heavy atom. The fourth-order valence-electron chi connectivity index (χ4n) is 1.93. The minimum atomic E-state index is 0.140. The molecular formula is C15H17BrN2O2. The van der Waals surface area contributed by atoms with E-state index in [9.17, 15) is 4.79 Å². The van der Waals surface area contributed by atoms with E-state index in [0.29, 0.717) is 13.0 Å². The second kappa shape index (κ2) is 6.22. The Hall–Kier alpha value is -1.62. The Morgan fingerprint density at radius 1 is 1.35 bits per heavy atom. The van der Waals surface area contributed by atoms with Gasteiger partial charge in [-0.15, -0.1) is 0 Å². The molecule has 5 heteroatoms. The van der Waals surface area contributed by atoms with Gasteiger partial charge in [-0.1, -0.05) is 6.92 Å². The number of Topliss-reactive ketones (excluding diaryl/α,β-unsaturated/α-hetero) is 1. The minimum absolute atomic E-state index is 0.140. The molecule has 0 bridgehead atoms. The largest absolute Gasteiger partial charge is 0.487 e. The molecule has 0 aliphatic carbocycles. The quantitative estimate of drug-likeness (QED) is 0.782. The van der Waals surface area contributed by atoms with Crippen LogP contribution in [0.5, 0.6) is 5.75 Å². The Balaban J connectivity index is 2.06. The predicted molar refractivity (Wildman–Crippen MR) is 81.0 cm³/mol. The molecule has 2 aromatic rings. The number of halogens is 1. The molecule has 0 aliphatic heterocycles. The molecule has 1 heterocycles. The van der Waals surface area contributed by atoms with Gasteiger partial charge < -0.3 is 4.74 Å². The van der Waals surface area contributed by atoms with E-state index in [0.717, 1.165) is 27.2 Å². The van der Waals surface area contributed by atoms with Crippen LogP contribution in [0.4, 0.5) is 0 Å². The van der Waals surface area contributed by atoms with Crippen LogP contribution in [-0.4, -0.2) is 15.6 Å². The van der Waals surface area contributed by atoms with E-state index in [-0.39, 0.29) is 5.78 Å². The number of aromatic nitrogens is 2. The molecule has 0 saturated carbocycles. The molecule has 1 aromatic carbocycles. The topological polar surface area (TPSA) is 44.1 Å². The summed E-state index contributed by atoms with van der Waals surface area (Å²) in [6.45, 7) is 4.23. The van der Waals surface area contributed by atoms with Gasteiger partial charge in [-0.05, 0) is 47.1 Å². The first-order valence-electron chi connectivity index (χ1n) is 6.47. The molecule has 0 saturated heterocycles. The molecule has 106 valence electrons. The lowest BCUT2D eigenvalue weighted by atomic mass is 10.1. The standard InChI is InChI=1S/C15H17BrN2O2/c1-4-14(19)11-5-7-12(8-6-11)20-9-13-15(16)10(2)17-18(13)3/h5-8H,4,9H2,1-3H3. The molecule has 0 spiro atoms. The first kappa shape index (κ1) is 14.8. The first-order chi connectivity index (χ1) is 9.52. The van der Waals surface area contributed by atoms with E-state index in [2.05, 4.69) is 21.0 Å². The van der Waals surface area contributed by atoms with Crippen molar-refractivity contribution >= 4 is 21.7 Å². The lowest BCUT2D eigenvalue weighted by Gasteiger charge is -2.07. The highest BCUT2D eigenvalue weighted by molar-refractivity contribution is 9.10. The van der Waals surface area contributed by atoms with Crippen LogP contribution in [0.1, 0.15) is 35.1 Å². The normalized spacial score (nSPS) is 10.6. The zero-order valence-corrected chi connectivity index (χ0v) is 13.4. The molecule has 0 aliphatic rings. The highest BCUT2D eigenvalue weighted by Gasteiger charge is 2.11. The third-order valence-electron chi connectivity index (χ3n) is 3.13. The third kappa shape index (κ3) is 3.10. The SMILES string of the molecule is CCC(=O)c1ccc(OCc2c(Br)c(C)nn2C)cc1. The van der Waals surface area contributed by atoms with Gasteiger partial charge >= 0.3 is 0 Å². The van der Waals surface area contributed by atoms with E-state index in [1.165, 1.54) is 0 Å². The number of aryl methyl sites for hydroxylation is 2. The summed E-state index contributed by atoms with van der Waals surface area (Å²) in [5.74, 6) is 0.880. The number of ether oxygens (including phenoxy) is 1. The monoisotopic (exact) mass is 336 g/mol. The number of nitrogens with zero attached hydrogens (tertiary/aromatic N) is 2. The van der Waals surface area contributed by atoms with Gasteiger partial charge in [-0.2, -0.15) is 5.10 Å². The molecule has 0 atom stereocenters. The van der Waals surface area contributed by atoms with Crippen molar-refractivity contribution in [2.75, 3.05) is 0 Å². The summed E-state index contributed by atoms with van der Waals surface area (Å²) < 4.78 is 8.50. The molecule has 0 amide bonds. The number of benzene rings is 1. The van der Waals surface area contributed by atoms with Gasteiger partial charge in [0.25, 0.3) is 0 Å². The zero-order chi connectivity index (χ0) is 14.7. The first-order valence-corrected chi connectivity index (χ1v) is 7.26. The maximum Gasteiger partial charge on any atom is 0.162 e. The maximum absolute atomic E-state index is 11.5. The van der Waals surface area contributed by atoms with Crippen molar-refractivity contribution in [1.82, 2.24) is 9.78 Å². The molecular weight excluding hydrogens is 320 g/mol. The summed E-state index contributed by atoms with van der Waals surface area (Å²) in [4.78, 5) is 11.5. The average molecular weight is 337 g/mol. The second-order valence-electron chi connectivity index (χ2n) is 4.56. The lowest BCUT2D eigenvalue weighted by molar-refractivity contribution is 0.0988. The highest BCUT2D eigenvalue weighted by atomic mass is 79.9. The van der Waals surface area contributed by atoms with Crippen LogP contribution in [0.2, 0.25) is 0 Å². The molecule has 0 radical (unpaired) electrons. The summed E-state index contributed by atoms with van der Waals surface area (Å²) >= 11 is 3.51. The van der Waals surface area contributed by atoms with Crippen LogP contribution in [-0.2, 0) is 13.7 Å². The number of hydrogen-bond acceptors (Lipinski definition) is 3. The maximum atomic E-state index is 11.5. The molecule has 0 unspecified atom stereocenters. The van der Waals surface area contributed by atoms with Gasteiger partial charge in [0.1, 0.15) is 12.4 Å². The number of carbonyl (C=O) groups is 1. The van der Waals surface area contributed by atoms with E-state index in [1.807, 2.05) is 33.0 Å². The van der Waals surface area contributed by atoms with Gasteiger partial charge in [-0.25, -0.2) is 0 Å². The summed E-state index contributed by atoms with van der Waals surface area (Å²) in [6, 6.07) is 7.23. The van der Waals surface area contributed by atoms with E-state index in [4.69, 9.17) is 4.74 Å².